The van der Waals surface area contributed by atoms with Crippen LogP contribution < -0.4 is 20.9 Å². The van der Waals surface area contributed by atoms with Gasteiger partial charge in [-0.3, -0.25) is 14.4 Å². The maximum absolute atomic E-state index is 13.0. The van der Waals surface area contributed by atoms with Crippen LogP contribution in [0.2, 0.25) is 0 Å². The molecule has 0 aliphatic heterocycles. The van der Waals surface area contributed by atoms with E-state index in [0.29, 0.717) is 29.9 Å². The van der Waals surface area contributed by atoms with Gasteiger partial charge in [0.15, 0.2) is 0 Å². The molecule has 0 aromatic heterocycles. The van der Waals surface area contributed by atoms with Crippen LogP contribution in [-0.4, -0.2) is 30.8 Å². The van der Waals surface area contributed by atoms with E-state index in [0.717, 1.165) is 17.8 Å². The highest BCUT2D eigenvalue weighted by Crippen LogP contribution is 2.19. The van der Waals surface area contributed by atoms with E-state index >= 15 is 0 Å². The normalized spacial score (nSPS) is 10.3. The van der Waals surface area contributed by atoms with Gasteiger partial charge in [-0.05, 0) is 67.9 Å². The second-order valence-corrected chi connectivity index (χ2v) is 7.74. The summed E-state index contributed by atoms with van der Waals surface area (Å²) in [5, 5.41) is 8.71. The van der Waals surface area contributed by atoms with Crippen LogP contribution in [0.4, 0.5) is 22.7 Å². The monoisotopic (exact) mass is 458 g/mol. The van der Waals surface area contributed by atoms with Crippen LogP contribution in [0.5, 0.6) is 0 Å². The summed E-state index contributed by atoms with van der Waals surface area (Å²) in [6, 6.07) is 23.6. The molecule has 3 amide bonds. The summed E-state index contributed by atoms with van der Waals surface area (Å²) < 4.78 is 0. The highest BCUT2D eigenvalue weighted by atomic mass is 16.2. The summed E-state index contributed by atoms with van der Waals surface area (Å²) >= 11 is 0. The molecule has 0 saturated carbocycles. The van der Waals surface area contributed by atoms with Crippen molar-refractivity contribution in [2.75, 3.05) is 33.9 Å². The fourth-order valence-electron chi connectivity index (χ4n) is 3.45. The molecule has 3 rings (SSSR count). The Labute approximate surface area is 200 Å². The van der Waals surface area contributed by atoms with E-state index in [2.05, 4.69) is 16.0 Å². The van der Waals surface area contributed by atoms with E-state index in [1.165, 1.54) is 0 Å². The van der Waals surface area contributed by atoms with Crippen molar-refractivity contribution < 1.29 is 14.4 Å². The van der Waals surface area contributed by atoms with Crippen LogP contribution in [0, 0.1) is 0 Å². The predicted molar refractivity (Wildman–Crippen MR) is 137 cm³/mol. The summed E-state index contributed by atoms with van der Waals surface area (Å²) in [6.07, 6.45) is 1.28. The highest BCUT2D eigenvalue weighted by molar-refractivity contribution is 6.07. The summed E-state index contributed by atoms with van der Waals surface area (Å²) in [7, 11) is 0. The van der Waals surface area contributed by atoms with Gasteiger partial charge >= 0.3 is 0 Å². The van der Waals surface area contributed by atoms with Crippen molar-refractivity contribution in [3.05, 3.63) is 84.4 Å². The maximum Gasteiger partial charge on any atom is 0.258 e. The van der Waals surface area contributed by atoms with Gasteiger partial charge in [0.1, 0.15) is 0 Å². The van der Waals surface area contributed by atoms with Crippen LogP contribution >= 0.6 is 0 Å². The maximum atomic E-state index is 13.0. The average molecular weight is 459 g/mol. The molecule has 0 fully saturated rings. The third-order valence-electron chi connectivity index (χ3n) is 5.12. The molecule has 0 unspecified atom stereocenters. The van der Waals surface area contributed by atoms with Crippen LogP contribution in [0.3, 0.4) is 0 Å². The van der Waals surface area contributed by atoms with E-state index in [4.69, 9.17) is 0 Å². The van der Waals surface area contributed by atoms with Crippen molar-refractivity contribution in [1.82, 2.24) is 0 Å². The van der Waals surface area contributed by atoms with Gasteiger partial charge in [-0.2, -0.15) is 0 Å². The summed E-state index contributed by atoms with van der Waals surface area (Å²) in [6.45, 7) is 4.47. The zero-order valence-electron chi connectivity index (χ0n) is 19.5. The van der Waals surface area contributed by atoms with Gasteiger partial charge in [-0.1, -0.05) is 31.2 Å². The largest absolute Gasteiger partial charge is 0.376 e. The standard InChI is InChI=1S/C27H30N4O3/c1-3-9-25(32)29-22-16-14-21(15-17-22)28-19-26(33)30-23-11-8-10-20(18-23)27(34)31(4-2)24-12-6-5-7-13-24/h5-8,10-18,28H,3-4,9,19H2,1-2H3,(H,29,32)(H,30,33). The molecule has 3 aromatic carbocycles. The Morgan fingerprint density at radius 2 is 1.41 bits per heavy atom. The van der Waals surface area contributed by atoms with E-state index in [1.54, 1.807) is 53.4 Å². The fourth-order valence-corrected chi connectivity index (χ4v) is 3.45. The highest BCUT2D eigenvalue weighted by Gasteiger charge is 2.16. The second-order valence-electron chi connectivity index (χ2n) is 7.74. The number of nitrogens with zero attached hydrogens (tertiary/aromatic N) is 1. The Bertz CT molecular complexity index is 1110. The molecule has 0 spiro atoms. The number of rotatable bonds is 10. The van der Waals surface area contributed by atoms with E-state index in [-0.39, 0.29) is 24.3 Å². The number of hydrogen-bond donors (Lipinski definition) is 3. The number of benzene rings is 3. The van der Waals surface area contributed by atoms with Crippen molar-refractivity contribution in [2.45, 2.75) is 26.7 Å². The number of carbonyl (C=O) groups excluding carboxylic acids is 3. The Morgan fingerprint density at radius 1 is 0.735 bits per heavy atom. The zero-order chi connectivity index (χ0) is 24.3. The molecule has 0 radical (unpaired) electrons. The molecule has 7 nitrogen and oxygen atoms in total. The first-order valence-corrected chi connectivity index (χ1v) is 11.4. The Kier molecular flexibility index (Phi) is 8.80. The van der Waals surface area contributed by atoms with Gasteiger partial charge in [0, 0.05) is 41.3 Å². The topological polar surface area (TPSA) is 90.5 Å². The Morgan fingerprint density at radius 3 is 2.09 bits per heavy atom. The number of amides is 3. The first-order valence-electron chi connectivity index (χ1n) is 11.4. The summed E-state index contributed by atoms with van der Waals surface area (Å²) in [4.78, 5) is 38.8. The lowest BCUT2D eigenvalue weighted by atomic mass is 10.1. The van der Waals surface area contributed by atoms with Gasteiger partial charge < -0.3 is 20.9 Å². The molecule has 7 heteroatoms. The third kappa shape index (κ3) is 6.93. The van der Waals surface area contributed by atoms with Crippen molar-refractivity contribution in [1.29, 1.82) is 0 Å². The first kappa shape index (κ1) is 24.5. The quantitative estimate of drug-likeness (QED) is 0.392. The Balaban J connectivity index is 1.56. The molecular formula is C27H30N4O3. The molecule has 176 valence electrons. The minimum absolute atomic E-state index is 0.0193. The van der Waals surface area contributed by atoms with Gasteiger partial charge in [0.2, 0.25) is 11.8 Å². The smallest absolute Gasteiger partial charge is 0.258 e. The number of nitrogens with one attached hydrogen (secondary N) is 3. The zero-order valence-corrected chi connectivity index (χ0v) is 19.5. The van der Waals surface area contributed by atoms with Crippen LogP contribution in [0.15, 0.2) is 78.9 Å². The number of anilines is 4. The molecule has 0 saturated heterocycles. The van der Waals surface area contributed by atoms with Gasteiger partial charge in [0.25, 0.3) is 5.91 Å². The van der Waals surface area contributed by atoms with Gasteiger partial charge in [0.05, 0.1) is 6.54 Å². The molecule has 34 heavy (non-hydrogen) atoms. The van der Waals surface area contributed by atoms with Crippen LogP contribution in [0.25, 0.3) is 0 Å². The van der Waals surface area contributed by atoms with Crippen molar-refractivity contribution in [3.8, 4) is 0 Å². The number of para-hydroxylation sites is 1. The van der Waals surface area contributed by atoms with Gasteiger partial charge in [-0.25, -0.2) is 0 Å². The van der Waals surface area contributed by atoms with E-state index in [9.17, 15) is 14.4 Å². The molecular weight excluding hydrogens is 428 g/mol. The molecule has 0 bridgehead atoms. The van der Waals surface area contributed by atoms with Crippen molar-refractivity contribution in [2.24, 2.45) is 0 Å². The first-order chi connectivity index (χ1) is 16.5. The van der Waals surface area contributed by atoms with Crippen molar-refractivity contribution >= 4 is 40.5 Å². The molecule has 0 aliphatic carbocycles. The summed E-state index contributed by atoms with van der Waals surface area (Å²) in [5.41, 5.74) is 3.35. The molecule has 3 N–H and O–H groups in total. The lowest BCUT2D eigenvalue weighted by molar-refractivity contribution is -0.116. The van der Waals surface area contributed by atoms with Crippen molar-refractivity contribution in [3.63, 3.8) is 0 Å². The average Bonchev–Trinajstić information content (AvgIpc) is 2.85. The van der Waals surface area contributed by atoms with E-state index < -0.39 is 0 Å². The molecule has 0 heterocycles. The van der Waals surface area contributed by atoms with Crippen LogP contribution in [0.1, 0.15) is 37.0 Å². The molecule has 3 aromatic rings. The van der Waals surface area contributed by atoms with E-state index in [1.807, 2.05) is 44.2 Å². The Hall–Kier alpha value is -4.13. The SMILES string of the molecule is CCCC(=O)Nc1ccc(NCC(=O)Nc2cccc(C(=O)N(CC)c3ccccc3)c2)cc1. The minimum Gasteiger partial charge on any atom is -0.376 e. The van der Waals surface area contributed by atoms with Crippen LogP contribution in [-0.2, 0) is 9.59 Å². The molecule has 0 atom stereocenters. The fraction of sp³-hybridized carbons (Fsp3) is 0.222. The van der Waals surface area contributed by atoms with Gasteiger partial charge in [-0.15, -0.1) is 0 Å². The number of carbonyl (C=O) groups is 3. The molecule has 0 aliphatic rings. The predicted octanol–water partition coefficient (Wildman–Crippen LogP) is 5.14. The summed E-state index contributed by atoms with van der Waals surface area (Å²) in [5.74, 6) is -0.386. The lowest BCUT2D eigenvalue weighted by Gasteiger charge is -2.21. The third-order valence-corrected chi connectivity index (χ3v) is 5.12. The lowest BCUT2D eigenvalue weighted by Crippen LogP contribution is -2.30. The minimum atomic E-state index is -0.236. The number of hydrogen-bond acceptors (Lipinski definition) is 4. The second kappa shape index (κ2) is 12.2.